The molecule has 0 spiro atoms. The molecule has 0 aliphatic carbocycles. The maximum absolute atomic E-state index is 12.1. The Kier molecular flexibility index (Phi) is 4.10. The Morgan fingerprint density at radius 1 is 1.18 bits per heavy atom. The van der Waals surface area contributed by atoms with Crippen LogP contribution in [0.1, 0.15) is 22.8 Å². The summed E-state index contributed by atoms with van der Waals surface area (Å²) in [6, 6.07) is 13.3. The molecule has 0 fully saturated rings. The number of carbonyl (C=O) groups is 1. The first-order chi connectivity index (χ1) is 10.8. The van der Waals surface area contributed by atoms with E-state index in [1.165, 1.54) is 11.6 Å². The van der Waals surface area contributed by atoms with E-state index in [0.717, 1.165) is 12.1 Å². The Balaban J connectivity index is 1.66. The van der Waals surface area contributed by atoms with Gasteiger partial charge in [-0.15, -0.1) is 0 Å². The third-order valence-electron chi connectivity index (χ3n) is 3.48. The molecule has 1 N–H and O–H groups in total. The summed E-state index contributed by atoms with van der Waals surface area (Å²) < 4.78 is 10.5. The van der Waals surface area contributed by atoms with Gasteiger partial charge >= 0.3 is 0 Å². The van der Waals surface area contributed by atoms with E-state index < -0.39 is 0 Å². The molecule has 0 unspecified atom stereocenters. The molecule has 4 nitrogen and oxygen atoms in total. The van der Waals surface area contributed by atoms with Crippen LogP contribution in [0.3, 0.4) is 0 Å². The molecule has 1 aliphatic rings. The molecule has 0 radical (unpaired) electrons. The van der Waals surface area contributed by atoms with Crippen molar-refractivity contribution >= 4 is 11.5 Å². The van der Waals surface area contributed by atoms with Crippen molar-refractivity contribution < 1.29 is 14.3 Å². The predicted octanol–water partition coefficient (Wildman–Crippen LogP) is 3.79. The van der Waals surface area contributed by atoms with Crippen LogP contribution in [0.25, 0.3) is 0 Å². The fourth-order valence-corrected chi connectivity index (χ4v) is 2.24. The van der Waals surface area contributed by atoms with Gasteiger partial charge in [-0.3, -0.25) is 4.79 Å². The van der Waals surface area contributed by atoms with Crippen LogP contribution in [-0.2, 0) is 6.42 Å². The number of carbonyl (C=O) groups excluding carboxylic acids is 1. The average Bonchev–Trinajstić information content (AvgIpc) is 3.02. The molecule has 0 bridgehead atoms. The summed E-state index contributed by atoms with van der Waals surface area (Å²) in [6.45, 7) is 2.32. The summed E-state index contributed by atoms with van der Waals surface area (Å²) in [4.78, 5) is 12.1. The Morgan fingerprint density at radius 2 is 2.05 bits per heavy atom. The highest BCUT2D eigenvalue weighted by Crippen LogP contribution is 2.32. The molecule has 4 heteroatoms. The number of ether oxygens (including phenoxy) is 2. The van der Waals surface area contributed by atoms with Crippen molar-refractivity contribution in [1.29, 1.82) is 0 Å². The van der Waals surface area contributed by atoms with E-state index in [9.17, 15) is 4.79 Å². The van der Waals surface area contributed by atoms with Crippen LogP contribution in [0.2, 0.25) is 0 Å². The number of nitrogens with one attached hydrogen (secondary N) is 1. The largest absolute Gasteiger partial charge is 0.454 e. The summed E-state index contributed by atoms with van der Waals surface area (Å²) in [5.41, 5.74) is 2.79. The van der Waals surface area contributed by atoms with Crippen LogP contribution in [0.15, 0.2) is 54.7 Å². The highest BCUT2D eigenvalue weighted by Gasteiger charge is 2.14. The third kappa shape index (κ3) is 3.11. The molecular formula is C18H17NO3. The SMILES string of the molecule is CCc1cccc(N/C=C/C(=O)c2ccc3c(c2)OCO3)c1. The molecule has 0 saturated carbocycles. The smallest absolute Gasteiger partial charge is 0.231 e. The number of benzene rings is 2. The van der Waals surface area contributed by atoms with Crippen LogP contribution >= 0.6 is 0 Å². The molecule has 2 aromatic rings. The number of fused-ring (bicyclic) bond motifs is 1. The van der Waals surface area contributed by atoms with Crippen molar-refractivity contribution in [1.82, 2.24) is 0 Å². The van der Waals surface area contributed by atoms with E-state index >= 15 is 0 Å². The fourth-order valence-electron chi connectivity index (χ4n) is 2.24. The van der Waals surface area contributed by atoms with E-state index in [2.05, 4.69) is 24.4 Å². The lowest BCUT2D eigenvalue weighted by Gasteiger charge is -2.03. The van der Waals surface area contributed by atoms with Gasteiger partial charge in [-0.1, -0.05) is 19.1 Å². The quantitative estimate of drug-likeness (QED) is 0.673. The molecule has 3 rings (SSSR count). The lowest BCUT2D eigenvalue weighted by Crippen LogP contribution is -1.97. The molecule has 0 saturated heterocycles. The van der Waals surface area contributed by atoms with E-state index in [1.54, 1.807) is 24.4 Å². The second kappa shape index (κ2) is 6.35. The van der Waals surface area contributed by atoms with Gasteiger partial charge in [-0.25, -0.2) is 0 Å². The maximum atomic E-state index is 12.1. The summed E-state index contributed by atoms with van der Waals surface area (Å²) in [5, 5.41) is 3.12. The van der Waals surface area contributed by atoms with Gasteiger partial charge in [0.05, 0.1) is 0 Å². The van der Waals surface area contributed by atoms with Gasteiger partial charge in [-0.05, 0) is 42.3 Å². The number of rotatable bonds is 5. The molecule has 112 valence electrons. The Bertz CT molecular complexity index is 722. The Morgan fingerprint density at radius 3 is 2.91 bits per heavy atom. The first-order valence-corrected chi connectivity index (χ1v) is 7.22. The monoisotopic (exact) mass is 295 g/mol. The molecule has 2 aromatic carbocycles. The van der Waals surface area contributed by atoms with Crippen LogP contribution in [0.5, 0.6) is 11.5 Å². The first-order valence-electron chi connectivity index (χ1n) is 7.22. The van der Waals surface area contributed by atoms with E-state index in [-0.39, 0.29) is 12.6 Å². The zero-order valence-electron chi connectivity index (χ0n) is 12.3. The molecule has 1 heterocycles. The normalized spacial score (nSPS) is 12.6. The van der Waals surface area contributed by atoms with Crippen LogP contribution in [0.4, 0.5) is 5.69 Å². The number of anilines is 1. The number of ketones is 1. The molecule has 22 heavy (non-hydrogen) atoms. The van der Waals surface area contributed by atoms with Crippen LogP contribution in [0, 0.1) is 0 Å². The Labute approximate surface area is 129 Å². The average molecular weight is 295 g/mol. The van der Waals surface area contributed by atoms with E-state index in [0.29, 0.717) is 17.1 Å². The van der Waals surface area contributed by atoms with Crippen molar-refractivity contribution in [2.75, 3.05) is 12.1 Å². The van der Waals surface area contributed by atoms with Crippen molar-refractivity contribution in [3.05, 3.63) is 65.9 Å². The molecular weight excluding hydrogens is 278 g/mol. The number of allylic oxidation sites excluding steroid dienone is 1. The number of aryl methyl sites for hydroxylation is 1. The molecule has 1 aliphatic heterocycles. The summed E-state index contributed by atoms with van der Waals surface area (Å²) in [6.07, 6.45) is 4.15. The fraction of sp³-hybridized carbons (Fsp3) is 0.167. The maximum Gasteiger partial charge on any atom is 0.231 e. The summed E-state index contributed by atoms with van der Waals surface area (Å²) in [5.74, 6) is 1.20. The minimum Gasteiger partial charge on any atom is -0.454 e. The zero-order valence-corrected chi connectivity index (χ0v) is 12.3. The summed E-state index contributed by atoms with van der Waals surface area (Å²) in [7, 11) is 0. The van der Waals surface area contributed by atoms with E-state index in [1.807, 2.05) is 12.1 Å². The lowest BCUT2D eigenvalue weighted by atomic mass is 10.1. The van der Waals surface area contributed by atoms with Gasteiger partial charge in [0.2, 0.25) is 6.79 Å². The van der Waals surface area contributed by atoms with Crippen molar-refractivity contribution in [2.24, 2.45) is 0 Å². The first kappa shape index (κ1) is 14.2. The van der Waals surface area contributed by atoms with Gasteiger partial charge in [0.15, 0.2) is 17.3 Å². The van der Waals surface area contributed by atoms with Gasteiger partial charge < -0.3 is 14.8 Å². The Hall–Kier alpha value is -2.75. The van der Waals surface area contributed by atoms with Crippen molar-refractivity contribution in [3.63, 3.8) is 0 Å². The minimum atomic E-state index is -0.0857. The molecule has 0 aromatic heterocycles. The molecule has 0 atom stereocenters. The van der Waals surface area contributed by atoms with Crippen LogP contribution < -0.4 is 14.8 Å². The highest BCUT2D eigenvalue weighted by atomic mass is 16.7. The number of hydrogen-bond donors (Lipinski definition) is 1. The lowest BCUT2D eigenvalue weighted by molar-refractivity contribution is 0.104. The van der Waals surface area contributed by atoms with Crippen molar-refractivity contribution in [2.45, 2.75) is 13.3 Å². The zero-order chi connectivity index (χ0) is 15.4. The third-order valence-corrected chi connectivity index (χ3v) is 3.48. The van der Waals surface area contributed by atoms with E-state index in [4.69, 9.17) is 9.47 Å². The predicted molar refractivity (Wildman–Crippen MR) is 85.5 cm³/mol. The van der Waals surface area contributed by atoms with Gasteiger partial charge in [0.25, 0.3) is 0 Å². The second-order valence-electron chi connectivity index (χ2n) is 4.96. The van der Waals surface area contributed by atoms with Crippen molar-refractivity contribution in [3.8, 4) is 11.5 Å². The topological polar surface area (TPSA) is 47.6 Å². The standard InChI is InChI=1S/C18H17NO3/c1-2-13-4-3-5-15(10-13)19-9-8-16(20)14-6-7-17-18(11-14)22-12-21-17/h3-11,19H,2,12H2,1H3/b9-8+. The van der Waals surface area contributed by atoms with Gasteiger partial charge in [-0.2, -0.15) is 0 Å². The highest BCUT2D eigenvalue weighted by molar-refractivity contribution is 6.05. The second-order valence-corrected chi connectivity index (χ2v) is 4.96. The van der Waals surface area contributed by atoms with Crippen LogP contribution in [-0.4, -0.2) is 12.6 Å². The summed E-state index contributed by atoms with van der Waals surface area (Å²) >= 11 is 0. The van der Waals surface area contributed by atoms with Gasteiger partial charge in [0.1, 0.15) is 0 Å². The molecule has 0 amide bonds. The minimum absolute atomic E-state index is 0.0857. The number of hydrogen-bond acceptors (Lipinski definition) is 4. The van der Waals surface area contributed by atoms with Gasteiger partial charge in [0, 0.05) is 23.5 Å².